The van der Waals surface area contributed by atoms with Crippen LogP contribution in [0.4, 0.5) is 4.39 Å². The number of rotatable bonds is 6. The summed E-state index contributed by atoms with van der Waals surface area (Å²) in [4.78, 5) is 0. The van der Waals surface area contributed by atoms with Crippen molar-refractivity contribution < 1.29 is 23.7 Å². The smallest absolute Gasteiger partial charge is 0.126 e. The minimum atomic E-state index is -0.918. The van der Waals surface area contributed by atoms with E-state index in [4.69, 9.17) is 14.2 Å². The maximum Gasteiger partial charge on any atom is 0.126 e. The van der Waals surface area contributed by atoms with Gasteiger partial charge in [0.1, 0.15) is 35.8 Å². The highest BCUT2D eigenvalue weighted by Gasteiger charge is 2.15. The van der Waals surface area contributed by atoms with Crippen molar-refractivity contribution in [3.63, 3.8) is 0 Å². The Balaban J connectivity index is 2.10. The molecular formula is C16H17FO4. The van der Waals surface area contributed by atoms with Crippen molar-refractivity contribution in [2.45, 2.75) is 6.10 Å². The summed E-state index contributed by atoms with van der Waals surface area (Å²) in [5.41, 5.74) is 0.549. The van der Waals surface area contributed by atoms with Crippen LogP contribution in [0, 0.1) is 5.82 Å². The normalized spacial score (nSPS) is 11.8. The van der Waals surface area contributed by atoms with Gasteiger partial charge in [0.05, 0.1) is 14.2 Å². The number of methoxy groups -OCH3 is 2. The molecule has 1 N–H and O–H groups in total. The molecule has 0 saturated heterocycles. The lowest BCUT2D eigenvalue weighted by atomic mass is 10.1. The molecule has 2 rings (SSSR count). The predicted molar refractivity (Wildman–Crippen MR) is 76.4 cm³/mol. The Morgan fingerprint density at radius 2 is 1.86 bits per heavy atom. The maximum atomic E-state index is 13.1. The number of aliphatic hydroxyl groups is 1. The molecule has 0 radical (unpaired) electrons. The zero-order chi connectivity index (χ0) is 15.2. The summed E-state index contributed by atoms with van der Waals surface area (Å²) >= 11 is 0. The van der Waals surface area contributed by atoms with Crippen molar-refractivity contribution in [3.05, 3.63) is 53.8 Å². The van der Waals surface area contributed by atoms with Gasteiger partial charge in [0.15, 0.2) is 0 Å². The van der Waals surface area contributed by atoms with E-state index in [2.05, 4.69) is 0 Å². The molecule has 0 spiro atoms. The van der Waals surface area contributed by atoms with Crippen LogP contribution < -0.4 is 14.2 Å². The molecule has 0 aliphatic heterocycles. The fourth-order valence-corrected chi connectivity index (χ4v) is 1.92. The van der Waals surface area contributed by atoms with Crippen LogP contribution in [0.1, 0.15) is 11.7 Å². The van der Waals surface area contributed by atoms with Crippen LogP contribution in [0.3, 0.4) is 0 Å². The number of hydrogen-bond donors (Lipinski definition) is 1. The third-order valence-electron chi connectivity index (χ3n) is 3.00. The second kappa shape index (κ2) is 6.95. The lowest BCUT2D eigenvalue weighted by Crippen LogP contribution is -2.11. The standard InChI is InChI=1S/C16H17FO4/c1-19-12-6-7-16(20-2)14(9-12)15(18)10-21-13-5-3-4-11(17)8-13/h3-9,15,18H,10H2,1-2H3. The van der Waals surface area contributed by atoms with Gasteiger partial charge in [-0.3, -0.25) is 0 Å². The van der Waals surface area contributed by atoms with Gasteiger partial charge in [-0.25, -0.2) is 4.39 Å². The first-order valence-electron chi connectivity index (χ1n) is 6.42. The van der Waals surface area contributed by atoms with Crippen LogP contribution in [-0.4, -0.2) is 25.9 Å². The van der Waals surface area contributed by atoms with E-state index >= 15 is 0 Å². The van der Waals surface area contributed by atoms with Crippen LogP contribution >= 0.6 is 0 Å². The van der Waals surface area contributed by atoms with Crippen molar-refractivity contribution in [2.24, 2.45) is 0 Å². The van der Waals surface area contributed by atoms with Gasteiger partial charge in [-0.2, -0.15) is 0 Å². The fourth-order valence-electron chi connectivity index (χ4n) is 1.92. The van der Waals surface area contributed by atoms with Crippen LogP contribution in [0.2, 0.25) is 0 Å². The molecule has 0 heterocycles. The topological polar surface area (TPSA) is 47.9 Å². The van der Waals surface area contributed by atoms with Crippen LogP contribution in [-0.2, 0) is 0 Å². The molecule has 112 valence electrons. The largest absolute Gasteiger partial charge is 0.497 e. The predicted octanol–water partition coefficient (Wildman–Crippen LogP) is 2.96. The van der Waals surface area contributed by atoms with Gasteiger partial charge < -0.3 is 19.3 Å². The highest BCUT2D eigenvalue weighted by atomic mass is 19.1. The molecule has 2 aromatic carbocycles. The molecule has 0 saturated carbocycles. The molecule has 0 fully saturated rings. The highest BCUT2D eigenvalue weighted by Crippen LogP contribution is 2.29. The summed E-state index contributed by atoms with van der Waals surface area (Å²) in [6, 6.07) is 10.9. The second-order valence-corrected chi connectivity index (χ2v) is 4.39. The molecule has 5 heteroatoms. The fraction of sp³-hybridized carbons (Fsp3) is 0.250. The number of hydrogen-bond acceptors (Lipinski definition) is 4. The van der Waals surface area contributed by atoms with Crippen molar-refractivity contribution in [2.75, 3.05) is 20.8 Å². The zero-order valence-corrected chi connectivity index (χ0v) is 11.9. The van der Waals surface area contributed by atoms with Crippen LogP contribution in [0.25, 0.3) is 0 Å². The Morgan fingerprint density at radius 1 is 1.05 bits per heavy atom. The Bertz CT molecular complexity index is 601. The van der Waals surface area contributed by atoms with Crippen molar-refractivity contribution in [1.29, 1.82) is 0 Å². The monoisotopic (exact) mass is 292 g/mol. The Morgan fingerprint density at radius 3 is 2.52 bits per heavy atom. The molecule has 0 aliphatic carbocycles. The summed E-state index contributed by atoms with van der Waals surface area (Å²) in [7, 11) is 3.06. The van der Waals surface area contributed by atoms with Crippen LogP contribution in [0.15, 0.2) is 42.5 Å². The molecule has 1 atom stereocenters. The molecular weight excluding hydrogens is 275 g/mol. The third kappa shape index (κ3) is 3.86. The molecule has 21 heavy (non-hydrogen) atoms. The van der Waals surface area contributed by atoms with E-state index in [0.29, 0.717) is 22.8 Å². The Hall–Kier alpha value is -2.27. The Kier molecular flexibility index (Phi) is 5.00. The van der Waals surface area contributed by atoms with Crippen molar-refractivity contribution in [3.8, 4) is 17.2 Å². The summed E-state index contributed by atoms with van der Waals surface area (Å²) in [5.74, 6) is 1.11. The lowest BCUT2D eigenvalue weighted by Gasteiger charge is -2.16. The maximum absolute atomic E-state index is 13.1. The minimum absolute atomic E-state index is 0.0209. The molecule has 0 aromatic heterocycles. The van der Waals surface area contributed by atoms with E-state index in [0.717, 1.165) is 0 Å². The molecule has 4 nitrogen and oxygen atoms in total. The first kappa shape index (κ1) is 15.1. The quantitative estimate of drug-likeness (QED) is 0.889. The van der Waals surface area contributed by atoms with Crippen molar-refractivity contribution >= 4 is 0 Å². The number of ether oxygens (including phenoxy) is 3. The third-order valence-corrected chi connectivity index (χ3v) is 3.00. The van der Waals surface area contributed by atoms with Gasteiger partial charge in [0.25, 0.3) is 0 Å². The van der Waals surface area contributed by atoms with Gasteiger partial charge in [-0.1, -0.05) is 6.07 Å². The molecule has 2 aromatic rings. The lowest BCUT2D eigenvalue weighted by molar-refractivity contribution is 0.105. The van der Waals surface area contributed by atoms with Gasteiger partial charge in [-0.05, 0) is 30.3 Å². The molecule has 0 aliphatic rings. The van der Waals surface area contributed by atoms with E-state index < -0.39 is 6.10 Å². The summed E-state index contributed by atoms with van der Waals surface area (Å²) in [6.07, 6.45) is -0.918. The average Bonchev–Trinajstić information content (AvgIpc) is 2.52. The summed E-state index contributed by atoms with van der Waals surface area (Å²) in [5, 5.41) is 10.2. The van der Waals surface area contributed by atoms with E-state index in [1.807, 2.05) is 0 Å². The minimum Gasteiger partial charge on any atom is -0.497 e. The summed E-state index contributed by atoms with van der Waals surface area (Å²) in [6.45, 7) is -0.0209. The Labute approximate surface area is 122 Å². The number of aliphatic hydroxyl groups excluding tert-OH is 1. The molecule has 0 bridgehead atoms. The summed E-state index contributed by atoms with van der Waals surface area (Å²) < 4.78 is 28.8. The van der Waals surface area contributed by atoms with E-state index in [9.17, 15) is 9.50 Å². The highest BCUT2D eigenvalue weighted by molar-refractivity contribution is 5.41. The SMILES string of the molecule is COc1ccc(OC)c(C(O)COc2cccc(F)c2)c1. The second-order valence-electron chi connectivity index (χ2n) is 4.39. The first-order valence-corrected chi connectivity index (χ1v) is 6.42. The van der Waals surface area contributed by atoms with E-state index in [1.54, 1.807) is 37.4 Å². The van der Waals surface area contributed by atoms with Gasteiger partial charge in [-0.15, -0.1) is 0 Å². The average molecular weight is 292 g/mol. The van der Waals surface area contributed by atoms with Gasteiger partial charge in [0.2, 0.25) is 0 Å². The molecule has 1 unspecified atom stereocenters. The van der Waals surface area contributed by atoms with Crippen molar-refractivity contribution in [1.82, 2.24) is 0 Å². The van der Waals surface area contributed by atoms with E-state index in [-0.39, 0.29) is 12.4 Å². The molecule has 0 amide bonds. The first-order chi connectivity index (χ1) is 10.1. The van der Waals surface area contributed by atoms with Gasteiger partial charge >= 0.3 is 0 Å². The van der Waals surface area contributed by atoms with Gasteiger partial charge in [0, 0.05) is 11.6 Å². The zero-order valence-electron chi connectivity index (χ0n) is 11.9. The van der Waals surface area contributed by atoms with E-state index in [1.165, 1.54) is 19.2 Å². The number of benzene rings is 2. The number of halogens is 1. The van der Waals surface area contributed by atoms with Crippen LogP contribution in [0.5, 0.6) is 17.2 Å².